The molecule has 112 valence electrons. The van der Waals surface area contributed by atoms with E-state index in [0.717, 1.165) is 34.6 Å². The quantitative estimate of drug-likeness (QED) is 0.798. The number of hydrogen-bond donors (Lipinski definition) is 2. The van der Waals surface area contributed by atoms with Crippen LogP contribution in [0.25, 0.3) is 0 Å². The van der Waals surface area contributed by atoms with E-state index in [1.807, 2.05) is 12.1 Å². The van der Waals surface area contributed by atoms with Gasteiger partial charge >= 0.3 is 0 Å². The van der Waals surface area contributed by atoms with Gasteiger partial charge in [0.1, 0.15) is 22.4 Å². The molecule has 0 unspecified atom stereocenters. The van der Waals surface area contributed by atoms with Crippen molar-refractivity contribution >= 4 is 27.6 Å². The van der Waals surface area contributed by atoms with E-state index in [0.29, 0.717) is 12.4 Å². The molecule has 2 heterocycles. The lowest BCUT2D eigenvalue weighted by atomic mass is 10.3. The largest absolute Gasteiger partial charge is 0.481 e. The number of nitrogens with one attached hydrogen (secondary N) is 2. The number of nitrogens with zero attached hydrogens (tertiary/aromatic N) is 3. The summed E-state index contributed by atoms with van der Waals surface area (Å²) in [7, 11) is 1.60. The van der Waals surface area contributed by atoms with Gasteiger partial charge in [-0.05, 0) is 27.9 Å². The number of methoxy groups -OCH3 is 1. The predicted molar refractivity (Wildman–Crippen MR) is 86.6 cm³/mol. The Hall–Kier alpha value is -1.89. The SMILES string of the molecule is CCCNc1ncnc(NCc2ccc(OC)nc2)c1Br. The van der Waals surface area contributed by atoms with Gasteiger partial charge in [0.2, 0.25) is 5.88 Å². The van der Waals surface area contributed by atoms with Gasteiger partial charge in [0.25, 0.3) is 0 Å². The van der Waals surface area contributed by atoms with Crippen LogP contribution in [0.3, 0.4) is 0 Å². The Morgan fingerprint density at radius 1 is 1.14 bits per heavy atom. The summed E-state index contributed by atoms with van der Waals surface area (Å²) in [6, 6.07) is 3.80. The van der Waals surface area contributed by atoms with Crippen molar-refractivity contribution < 1.29 is 4.74 Å². The van der Waals surface area contributed by atoms with Crippen molar-refractivity contribution in [2.75, 3.05) is 24.3 Å². The molecule has 0 aliphatic heterocycles. The van der Waals surface area contributed by atoms with Crippen LogP contribution in [0.4, 0.5) is 11.6 Å². The first-order valence-electron chi connectivity index (χ1n) is 6.71. The molecule has 21 heavy (non-hydrogen) atoms. The molecule has 2 rings (SSSR count). The van der Waals surface area contributed by atoms with Gasteiger partial charge < -0.3 is 15.4 Å². The number of pyridine rings is 1. The van der Waals surface area contributed by atoms with E-state index < -0.39 is 0 Å². The summed E-state index contributed by atoms with van der Waals surface area (Å²) in [4.78, 5) is 12.6. The molecular formula is C14H18BrN5O. The van der Waals surface area contributed by atoms with E-state index in [9.17, 15) is 0 Å². The lowest BCUT2D eigenvalue weighted by Crippen LogP contribution is -2.07. The lowest BCUT2D eigenvalue weighted by Gasteiger charge is -2.11. The Bertz CT molecular complexity index is 576. The fourth-order valence-electron chi connectivity index (χ4n) is 1.68. The molecule has 0 aliphatic carbocycles. The summed E-state index contributed by atoms with van der Waals surface area (Å²) in [5.74, 6) is 2.15. The molecule has 6 nitrogen and oxygen atoms in total. The minimum atomic E-state index is 0.605. The summed E-state index contributed by atoms with van der Waals surface area (Å²) in [5.41, 5.74) is 1.05. The molecular weight excluding hydrogens is 334 g/mol. The maximum Gasteiger partial charge on any atom is 0.212 e. The lowest BCUT2D eigenvalue weighted by molar-refractivity contribution is 0.397. The van der Waals surface area contributed by atoms with E-state index >= 15 is 0 Å². The average Bonchev–Trinajstić information content (AvgIpc) is 2.53. The van der Waals surface area contributed by atoms with Crippen molar-refractivity contribution in [2.24, 2.45) is 0 Å². The molecule has 0 saturated carbocycles. The zero-order valence-electron chi connectivity index (χ0n) is 12.1. The second-order valence-corrected chi connectivity index (χ2v) is 5.17. The van der Waals surface area contributed by atoms with Crippen LogP contribution in [-0.2, 0) is 6.54 Å². The molecule has 2 aromatic rings. The highest BCUT2D eigenvalue weighted by molar-refractivity contribution is 9.10. The molecule has 0 spiro atoms. The second kappa shape index (κ2) is 7.78. The fraction of sp³-hybridized carbons (Fsp3) is 0.357. The maximum atomic E-state index is 5.04. The van der Waals surface area contributed by atoms with Crippen molar-refractivity contribution in [2.45, 2.75) is 19.9 Å². The van der Waals surface area contributed by atoms with Gasteiger partial charge in [-0.1, -0.05) is 13.0 Å². The first kappa shape index (κ1) is 15.5. The van der Waals surface area contributed by atoms with E-state index in [1.165, 1.54) is 6.33 Å². The van der Waals surface area contributed by atoms with Gasteiger partial charge in [0.05, 0.1) is 7.11 Å². The Morgan fingerprint density at radius 3 is 2.52 bits per heavy atom. The number of hydrogen-bond acceptors (Lipinski definition) is 6. The zero-order valence-corrected chi connectivity index (χ0v) is 13.6. The van der Waals surface area contributed by atoms with E-state index in [-0.39, 0.29) is 0 Å². The molecule has 0 atom stereocenters. The van der Waals surface area contributed by atoms with Crippen LogP contribution in [0.15, 0.2) is 29.1 Å². The normalized spacial score (nSPS) is 10.2. The summed E-state index contributed by atoms with van der Waals surface area (Å²) >= 11 is 3.52. The van der Waals surface area contributed by atoms with Crippen molar-refractivity contribution in [3.63, 3.8) is 0 Å². The van der Waals surface area contributed by atoms with Crippen LogP contribution < -0.4 is 15.4 Å². The third kappa shape index (κ3) is 4.29. The molecule has 2 aromatic heterocycles. The van der Waals surface area contributed by atoms with Crippen molar-refractivity contribution in [1.82, 2.24) is 15.0 Å². The molecule has 0 saturated heterocycles. The zero-order chi connectivity index (χ0) is 15.1. The average molecular weight is 352 g/mol. The molecule has 0 bridgehead atoms. The third-order valence-corrected chi connectivity index (χ3v) is 3.55. The van der Waals surface area contributed by atoms with Crippen LogP contribution >= 0.6 is 15.9 Å². The molecule has 0 radical (unpaired) electrons. The second-order valence-electron chi connectivity index (χ2n) is 4.37. The van der Waals surface area contributed by atoms with Crippen molar-refractivity contribution in [1.29, 1.82) is 0 Å². The number of ether oxygens (including phenoxy) is 1. The first-order chi connectivity index (χ1) is 10.2. The fourth-order valence-corrected chi connectivity index (χ4v) is 2.17. The summed E-state index contributed by atoms with van der Waals surface area (Å²) in [6.07, 6.45) is 4.35. The Kier molecular flexibility index (Phi) is 5.74. The van der Waals surface area contributed by atoms with Crippen LogP contribution in [0.5, 0.6) is 5.88 Å². The Morgan fingerprint density at radius 2 is 1.90 bits per heavy atom. The topological polar surface area (TPSA) is 72.0 Å². The van der Waals surface area contributed by atoms with E-state index in [4.69, 9.17) is 4.74 Å². The van der Waals surface area contributed by atoms with Gasteiger partial charge in [-0.3, -0.25) is 0 Å². The van der Waals surface area contributed by atoms with Crippen LogP contribution in [-0.4, -0.2) is 28.6 Å². The van der Waals surface area contributed by atoms with Gasteiger partial charge in [0, 0.05) is 25.4 Å². The highest BCUT2D eigenvalue weighted by Crippen LogP contribution is 2.26. The summed E-state index contributed by atoms with van der Waals surface area (Å²) in [5, 5.41) is 6.51. The number of aromatic nitrogens is 3. The Balaban J connectivity index is 2.01. The monoisotopic (exact) mass is 351 g/mol. The summed E-state index contributed by atoms with van der Waals surface area (Å²) < 4.78 is 5.87. The third-order valence-electron chi connectivity index (χ3n) is 2.80. The number of rotatable bonds is 7. The van der Waals surface area contributed by atoms with Gasteiger partial charge in [0.15, 0.2) is 0 Å². The highest BCUT2D eigenvalue weighted by atomic mass is 79.9. The molecule has 7 heteroatoms. The predicted octanol–water partition coefficient (Wildman–Crippen LogP) is 3.08. The van der Waals surface area contributed by atoms with Crippen LogP contribution in [0, 0.1) is 0 Å². The molecule has 2 N–H and O–H groups in total. The maximum absolute atomic E-state index is 5.04. The first-order valence-corrected chi connectivity index (χ1v) is 7.51. The van der Waals surface area contributed by atoms with Crippen LogP contribution in [0.1, 0.15) is 18.9 Å². The molecule has 0 fully saturated rings. The molecule has 0 aliphatic rings. The number of anilines is 2. The standard InChI is InChI=1S/C14H18BrN5O/c1-3-6-16-13-12(15)14(20-9-19-13)18-8-10-4-5-11(21-2)17-7-10/h4-5,7,9H,3,6,8H2,1-2H3,(H2,16,18,19,20). The minimum absolute atomic E-state index is 0.605. The van der Waals surface area contributed by atoms with Gasteiger partial charge in [-0.25, -0.2) is 15.0 Å². The highest BCUT2D eigenvalue weighted by Gasteiger charge is 2.08. The summed E-state index contributed by atoms with van der Waals surface area (Å²) in [6.45, 7) is 3.61. The van der Waals surface area contributed by atoms with Crippen molar-refractivity contribution in [3.05, 3.63) is 34.7 Å². The van der Waals surface area contributed by atoms with Crippen molar-refractivity contribution in [3.8, 4) is 5.88 Å². The van der Waals surface area contributed by atoms with E-state index in [1.54, 1.807) is 13.3 Å². The Labute approximate surface area is 132 Å². The van der Waals surface area contributed by atoms with Gasteiger partial charge in [-0.2, -0.15) is 0 Å². The minimum Gasteiger partial charge on any atom is -0.481 e. The smallest absolute Gasteiger partial charge is 0.212 e. The number of halogens is 1. The van der Waals surface area contributed by atoms with E-state index in [2.05, 4.69) is 48.4 Å². The molecule has 0 amide bonds. The van der Waals surface area contributed by atoms with Gasteiger partial charge in [-0.15, -0.1) is 0 Å². The van der Waals surface area contributed by atoms with Crippen LogP contribution in [0.2, 0.25) is 0 Å². The molecule has 0 aromatic carbocycles.